The number of rotatable bonds is 7. The molecule has 0 spiro atoms. The second kappa shape index (κ2) is 9.64. The van der Waals surface area contributed by atoms with Crippen LogP contribution in [0.15, 0.2) is 53.7 Å². The van der Waals surface area contributed by atoms with Gasteiger partial charge in [0, 0.05) is 17.2 Å². The minimum absolute atomic E-state index is 0.0535. The topological polar surface area (TPSA) is 57.0 Å². The number of benzene rings is 2. The number of ether oxygens (including phenoxy) is 1. The predicted molar refractivity (Wildman–Crippen MR) is 120 cm³/mol. The summed E-state index contributed by atoms with van der Waals surface area (Å²) in [5.41, 5.74) is 1.48. The van der Waals surface area contributed by atoms with Gasteiger partial charge >= 0.3 is 0 Å². The van der Waals surface area contributed by atoms with E-state index in [9.17, 15) is 9.18 Å². The quantitative estimate of drug-likeness (QED) is 0.343. The van der Waals surface area contributed by atoms with Gasteiger partial charge < -0.3 is 4.74 Å². The molecule has 162 valence electrons. The minimum atomic E-state index is -0.348. The molecule has 0 saturated heterocycles. The van der Waals surface area contributed by atoms with Crippen LogP contribution in [0.5, 0.6) is 5.75 Å². The summed E-state index contributed by atoms with van der Waals surface area (Å²) in [5, 5.41) is 9.71. The van der Waals surface area contributed by atoms with Gasteiger partial charge in [-0.05, 0) is 67.3 Å². The number of carbonyl (C=O) groups excluding carboxylic acids is 1. The number of ketones is 1. The van der Waals surface area contributed by atoms with Crippen LogP contribution in [0.1, 0.15) is 49.0 Å². The van der Waals surface area contributed by atoms with Crippen molar-refractivity contribution in [2.24, 2.45) is 5.92 Å². The molecular weight excluding hydrogens is 413 g/mol. The highest BCUT2D eigenvalue weighted by atomic mass is 32.2. The molecule has 0 aliphatic heterocycles. The number of methoxy groups -OCH3 is 1. The Balaban J connectivity index is 1.62. The highest BCUT2D eigenvalue weighted by molar-refractivity contribution is 7.99. The first kappa shape index (κ1) is 21.6. The lowest BCUT2D eigenvalue weighted by molar-refractivity contribution is 0.102. The number of aromatic nitrogens is 3. The molecule has 1 fully saturated rings. The van der Waals surface area contributed by atoms with Gasteiger partial charge in [-0.3, -0.25) is 9.36 Å². The summed E-state index contributed by atoms with van der Waals surface area (Å²) in [6, 6.07) is 13.8. The normalized spacial score (nSPS) is 18.7. The molecule has 0 N–H and O–H groups in total. The van der Waals surface area contributed by atoms with E-state index in [1.165, 1.54) is 55.3 Å². The van der Waals surface area contributed by atoms with Crippen molar-refractivity contribution in [2.45, 2.75) is 43.8 Å². The number of Topliss-reactive ketones (excluding diaryl/α,β-unsaturated/α-hetero) is 1. The molecule has 1 saturated carbocycles. The molecule has 5 nitrogen and oxygen atoms in total. The van der Waals surface area contributed by atoms with Crippen molar-refractivity contribution in [3.05, 3.63) is 59.9 Å². The monoisotopic (exact) mass is 439 g/mol. The Kier molecular flexibility index (Phi) is 6.70. The molecule has 2 aromatic carbocycles. The lowest BCUT2D eigenvalue weighted by Gasteiger charge is -2.31. The Hall–Kier alpha value is -2.67. The smallest absolute Gasteiger partial charge is 0.192 e. The fraction of sp³-hybridized carbons (Fsp3) is 0.375. The van der Waals surface area contributed by atoms with E-state index in [0.29, 0.717) is 17.5 Å². The third-order valence-electron chi connectivity index (χ3n) is 5.91. The number of hydrogen-bond donors (Lipinski definition) is 0. The van der Waals surface area contributed by atoms with Gasteiger partial charge in [-0.25, -0.2) is 4.39 Å². The third kappa shape index (κ3) is 4.82. The molecule has 7 heteroatoms. The average molecular weight is 440 g/mol. The molecule has 1 aliphatic carbocycles. The van der Waals surface area contributed by atoms with Crippen molar-refractivity contribution in [2.75, 3.05) is 12.9 Å². The zero-order valence-corrected chi connectivity index (χ0v) is 18.6. The molecule has 1 aromatic heterocycles. The van der Waals surface area contributed by atoms with Crippen molar-refractivity contribution >= 4 is 17.5 Å². The van der Waals surface area contributed by atoms with E-state index in [4.69, 9.17) is 4.74 Å². The van der Waals surface area contributed by atoms with Gasteiger partial charge in [-0.15, -0.1) is 10.2 Å². The molecule has 1 aliphatic rings. The summed E-state index contributed by atoms with van der Waals surface area (Å²) in [6.07, 6.45) is 4.66. The first-order valence-electron chi connectivity index (χ1n) is 10.6. The van der Waals surface area contributed by atoms with Gasteiger partial charge in [0.15, 0.2) is 16.8 Å². The van der Waals surface area contributed by atoms with Crippen LogP contribution in [0.2, 0.25) is 0 Å². The van der Waals surface area contributed by atoms with Crippen LogP contribution < -0.4 is 4.74 Å². The Morgan fingerprint density at radius 2 is 1.81 bits per heavy atom. The van der Waals surface area contributed by atoms with Gasteiger partial charge in [-0.2, -0.15) is 0 Å². The van der Waals surface area contributed by atoms with Crippen molar-refractivity contribution in [3.8, 4) is 17.1 Å². The predicted octanol–water partition coefficient (Wildman–Crippen LogP) is 5.82. The summed E-state index contributed by atoms with van der Waals surface area (Å²) in [5.74, 6) is 1.95. The standard InChI is InChI=1S/C24H26FN3O2S/c1-16-5-3-4-6-21(16)28-23(18-9-13-20(30-2)14-10-18)26-27-24(28)31-15-22(29)17-7-11-19(25)12-8-17/h7-14,16,21H,3-6,15H2,1-2H3/t16-,21+/m0/s1. The number of nitrogens with zero attached hydrogens (tertiary/aromatic N) is 3. The van der Waals surface area contributed by atoms with Crippen LogP contribution >= 0.6 is 11.8 Å². The molecule has 0 radical (unpaired) electrons. The zero-order valence-electron chi connectivity index (χ0n) is 17.8. The van der Waals surface area contributed by atoms with E-state index in [-0.39, 0.29) is 17.4 Å². The number of hydrogen-bond acceptors (Lipinski definition) is 5. The fourth-order valence-corrected chi connectivity index (χ4v) is 5.03. The van der Waals surface area contributed by atoms with Crippen LogP contribution in [0.25, 0.3) is 11.4 Å². The lowest BCUT2D eigenvalue weighted by Crippen LogP contribution is -2.22. The molecule has 4 rings (SSSR count). The first-order valence-corrected chi connectivity index (χ1v) is 11.6. The molecule has 1 heterocycles. The molecule has 0 unspecified atom stereocenters. The summed E-state index contributed by atoms with van der Waals surface area (Å²) in [4.78, 5) is 12.6. The van der Waals surface area contributed by atoms with Gasteiger partial charge in [0.25, 0.3) is 0 Å². The van der Waals surface area contributed by atoms with E-state index in [2.05, 4.69) is 21.7 Å². The van der Waals surface area contributed by atoms with Crippen LogP contribution in [0, 0.1) is 11.7 Å². The maximum atomic E-state index is 13.2. The summed E-state index contributed by atoms with van der Waals surface area (Å²) >= 11 is 1.39. The Morgan fingerprint density at radius 1 is 1.10 bits per heavy atom. The first-order chi connectivity index (χ1) is 15.1. The Bertz CT molecular complexity index is 1030. The van der Waals surface area contributed by atoms with E-state index >= 15 is 0 Å². The second-order valence-electron chi connectivity index (χ2n) is 7.95. The second-order valence-corrected chi connectivity index (χ2v) is 8.90. The van der Waals surface area contributed by atoms with Crippen molar-refractivity contribution in [3.63, 3.8) is 0 Å². The van der Waals surface area contributed by atoms with Crippen LogP contribution in [-0.2, 0) is 0 Å². The number of halogens is 1. The maximum Gasteiger partial charge on any atom is 0.192 e. The summed E-state index contributed by atoms with van der Waals surface area (Å²) in [6.45, 7) is 2.28. The van der Waals surface area contributed by atoms with Gasteiger partial charge in [0.05, 0.1) is 12.9 Å². The van der Waals surface area contributed by atoms with Gasteiger partial charge in [0.2, 0.25) is 0 Å². The number of carbonyl (C=O) groups is 1. The molecule has 2 atom stereocenters. The molecular formula is C24H26FN3O2S. The summed E-state index contributed by atoms with van der Waals surface area (Å²) in [7, 11) is 1.65. The van der Waals surface area contributed by atoms with Crippen LogP contribution in [0.4, 0.5) is 4.39 Å². The number of thioether (sulfide) groups is 1. The molecule has 0 bridgehead atoms. The van der Waals surface area contributed by atoms with Crippen molar-refractivity contribution in [1.82, 2.24) is 14.8 Å². The SMILES string of the molecule is COc1ccc(-c2nnc(SCC(=O)c3ccc(F)cc3)n2[C@@H]2CCCC[C@@H]2C)cc1. The average Bonchev–Trinajstić information content (AvgIpc) is 3.22. The molecule has 3 aromatic rings. The fourth-order valence-electron chi connectivity index (χ4n) is 4.14. The lowest BCUT2D eigenvalue weighted by atomic mass is 9.85. The van der Waals surface area contributed by atoms with E-state index in [1.807, 2.05) is 24.3 Å². The largest absolute Gasteiger partial charge is 0.497 e. The van der Waals surface area contributed by atoms with Gasteiger partial charge in [-0.1, -0.05) is 31.5 Å². The minimum Gasteiger partial charge on any atom is -0.497 e. The van der Waals surface area contributed by atoms with E-state index in [0.717, 1.165) is 28.7 Å². The molecule has 0 amide bonds. The third-order valence-corrected chi connectivity index (χ3v) is 6.85. The van der Waals surface area contributed by atoms with E-state index in [1.54, 1.807) is 7.11 Å². The zero-order chi connectivity index (χ0) is 21.8. The van der Waals surface area contributed by atoms with Crippen LogP contribution in [-0.4, -0.2) is 33.4 Å². The highest BCUT2D eigenvalue weighted by Crippen LogP contribution is 2.39. The Morgan fingerprint density at radius 3 is 2.48 bits per heavy atom. The summed E-state index contributed by atoms with van der Waals surface area (Å²) < 4.78 is 20.7. The highest BCUT2D eigenvalue weighted by Gasteiger charge is 2.29. The van der Waals surface area contributed by atoms with Crippen molar-refractivity contribution < 1.29 is 13.9 Å². The maximum absolute atomic E-state index is 13.2. The van der Waals surface area contributed by atoms with E-state index < -0.39 is 0 Å². The molecule has 31 heavy (non-hydrogen) atoms. The van der Waals surface area contributed by atoms with Crippen LogP contribution in [0.3, 0.4) is 0 Å². The van der Waals surface area contributed by atoms with Crippen molar-refractivity contribution in [1.29, 1.82) is 0 Å². The Labute approximate surface area is 186 Å². The van der Waals surface area contributed by atoms with Gasteiger partial charge in [0.1, 0.15) is 11.6 Å².